The summed E-state index contributed by atoms with van der Waals surface area (Å²) in [6.45, 7) is 3.66. The second-order valence-electron chi connectivity index (χ2n) is 9.75. The van der Waals surface area contributed by atoms with E-state index in [0.29, 0.717) is 31.9 Å². The van der Waals surface area contributed by atoms with Crippen LogP contribution in [0.4, 0.5) is 5.69 Å². The van der Waals surface area contributed by atoms with Gasteiger partial charge in [0, 0.05) is 40.6 Å². The summed E-state index contributed by atoms with van der Waals surface area (Å²) in [6.07, 6.45) is 5.42. The molecule has 1 aliphatic rings. The third-order valence-electron chi connectivity index (χ3n) is 6.88. The van der Waals surface area contributed by atoms with Gasteiger partial charge in [-0.15, -0.1) is 0 Å². The number of carbonyl (C=O) groups is 2. The summed E-state index contributed by atoms with van der Waals surface area (Å²) < 4.78 is 26.4. The van der Waals surface area contributed by atoms with Crippen LogP contribution in [0.2, 0.25) is 15.1 Å². The van der Waals surface area contributed by atoms with E-state index >= 15 is 0 Å². The zero-order valence-electron chi connectivity index (χ0n) is 21.8. The molecule has 0 saturated heterocycles. The van der Waals surface area contributed by atoms with E-state index in [1.54, 1.807) is 50.2 Å². The summed E-state index contributed by atoms with van der Waals surface area (Å²) in [5.41, 5.74) is 1.78. The molecule has 1 unspecified atom stereocenters. The van der Waals surface area contributed by atoms with Crippen molar-refractivity contribution in [1.82, 2.24) is 10.2 Å². The minimum atomic E-state index is -3.62. The van der Waals surface area contributed by atoms with Crippen molar-refractivity contribution < 1.29 is 18.0 Å². The highest BCUT2D eigenvalue weighted by Crippen LogP contribution is 2.29. The van der Waals surface area contributed by atoms with Crippen LogP contribution in [0, 0.1) is 6.92 Å². The molecule has 2 amide bonds. The molecule has 2 aromatic carbocycles. The molecule has 1 N–H and O–H groups in total. The molecule has 3 rings (SSSR count). The summed E-state index contributed by atoms with van der Waals surface area (Å²) in [7, 11) is -3.62. The standard InChI is InChI=1S/C27H34Cl3N3O4S/c1-18-23(29)10-6-11-25(18)33(38(3,36)37)15-7-12-26(34)32(17-20-13-14-21(28)16-24(20)30)19(2)27(35)31-22-8-4-5-9-22/h6,10-11,13-14,16,19,22H,4-5,7-9,12,15,17H2,1-3H3,(H,31,35). The van der Waals surface area contributed by atoms with Gasteiger partial charge in [-0.25, -0.2) is 8.42 Å². The van der Waals surface area contributed by atoms with Gasteiger partial charge in [0.1, 0.15) is 6.04 Å². The molecular weight excluding hydrogens is 569 g/mol. The average Bonchev–Trinajstić information content (AvgIpc) is 3.35. The SMILES string of the molecule is Cc1c(Cl)cccc1N(CCCC(=O)N(Cc1ccc(Cl)cc1Cl)C(C)C(=O)NC1CCCC1)S(C)(=O)=O. The van der Waals surface area contributed by atoms with Crippen LogP contribution in [0.25, 0.3) is 0 Å². The Bertz CT molecular complexity index is 1270. The molecule has 1 fully saturated rings. The molecule has 0 aliphatic heterocycles. The van der Waals surface area contributed by atoms with Crippen LogP contribution >= 0.6 is 34.8 Å². The van der Waals surface area contributed by atoms with Crippen LogP contribution in [0.1, 0.15) is 56.6 Å². The van der Waals surface area contributed by atoms with E-state index < -0.39 is 16.1 Å². The van der Waals surface area contributed by atoms with Crippen molar-refractivity contribution in [3.63, 3.8) is 0 Å². The molecule has 0 bridgehead atoms. The monoisotopic (exact) mass is 601 g/mol. The average molecular weight is 603 g/mol. The molecular formula is C27H34Cl3N3O4S. The highest BCUT2D eigenvalue weighted by molar-refractivity contribution is 7.92. The lowest BCUT2D eigenvalue weighted by atomic mass is 10.1. The maximum atomic E-state index is 13.5. The molecule has 0 aromatic heterocycles. The number of nitrogens with one attached hydrogen (secondary N) is 1. The van der Waals surface area contributed by atoms with Crippen molar-refractivity contribution in [1.29, 1.82) is 0 Å². The molecule has 2 aromatic rings. The first kappa shape index (κ1) is 30.5. The number of amides is 2. The first-order chi connectivity index (χ1) is 17.9. The van der Waals surface area contributed by atoms with E-state index in [9.17, 15) is 18.0 Å². The third-order valence-corrected chi connectivity index (χ3v) is 9.06. The van der Waals surface area contributed by atoms with Crippen molar-refractivity contribution in [2.45, 2.75) is 71.0 Å². The maximum Gasteiger partial charge on any atom is 0.242 e. The van der Waals surface area contributed by atoms with E-state index in [1.165, 1.54) is 9.21 Å². The Labute approximate surface area is 240 Å². The van der Waals surface area contributed by atoms with Gasteiger partial charge in [0.25, 0.3) is 0 Å². The summed E-state index contributed by atoms with van der Waals surface area (Å²) in [5, 5.41) is 4.40. The highest BCUT2D eigenvalue weighted by Gasteiger charge is 2.29. The number of hydrogen-bond donors (Lipinski definition) is 1. The molecule has 7 nitrogen and oxygen atoms in total. The number of anilines is 1. The Morgan fingerprint density at radius 2 is 1.76 bits per heavy atom. The van der Waals surface area contributed by atoms with Crippen LogP contribution in [-0.4, -0.2) is 50.0 Å². The van der Waals surface area contributed by atoms with Crippen LogP contribution in [0.3, 0.4) is 0 Å². The van der Waals surface area contributed by atoms with E-state index in [0.717, 1.165) is 31.9 Å². The van der Waals surface area contributed by atoms with Gasteiger partial charge in [-0.05, 0) is 68.5 Å². The molecule has 208 valence electrons. The van der Waals surface area contributed by atoms with E-state index in [1.807, 2.05) is 0 Å². The Balaban J connectivity index is 1.77. The lowest BCUT2D eigenvalue weighted by Crippen LogP contribution is -2.49. The van der Waals surface area contributed by atoms with Crippen molar-refractivity contribution in [2.24, 2.45) is 0 Å². The van der Waals surface area contributed by atoms with Crippen molar-refractivity contribution in [3.05, 3.63) is 62.6 Å². The molecule has 0 radical (unpaired) electrons. The summed E-state index contributed by atoms with van der Waals surface area (Å²) in [6, 6.07) is 9.47. The van der Waals surface area contributed by atoms with Gasteiger partial charge < -0.3 is 10.2 Å². The van der Waals surface area contributed by atoms with Crippen LogP contribution in [-0.2, 0) is 26.2 Å². The summed E-state index contributed by atoms with van der Waals surface area (Å²) >= 11 is 18.6. The normalized spacial score (nSPS) is 14.8. The number of hydrogen-bond acceptors (Lipinski definition) is 4. The van der Waals surface area contributed by atoms with Gasteiger partial charge in [-0.2, -0.15) is 0 Å². The number of benzene rings is 2. The van der Waals surface area contributed by atoms with Gasteiger partial charge in [0.05, 0.1) is 11.9 Å². The van der Waals surface area contributed by atoms with Crippen molar-refractivity contribution in [2.75, 3.05) is 17.1 Å². The van der Waals surface area contributed by atoms with Crippen LogP contribution < -0.4 is 9.62 Å². The summed E-state index contributed by atoms with van der Waals surface area (Å²) in [4.78, 5) is 28.1. The fourth-order valence-corrected chi connectivity index (χ4v) is 6.31. The van der Waals surface area contributed by atoms with Crippen molar-refractivity contribution >= 4 is 62.3 Å². The first-order valence-corrected chi connectivity index (χ1v) is 15.6. The second kappa shape index (κ2) is 13.4. The topological polar surface area (TPSA) is 86.8 Å². The molecule has 1 saturated carbocycles. The highest BCUT2D eigenvalue weighted by atomic mass is 35.5. The molecule has 11 heteroatoms. The smallest absolute Gasteiger partial charge is 0.242 e. The van der Waals surface area contributed by atoms with E-state index in [4.69, 9.17) is 34.8 Å². The predicted molar refractivity (Wildman–Crippen MR) is 154 cm³/mol. The molecule has 1 atom stereocenters. The molecule has 1 aliphatic carbocycles. The minimum absolute atomic E-state index is 0.0396. The Hall–Kier alpha value is -2.00. The van der Waals surface area contributed by atoms with Crippen LogP contribution in [0.5, 0.6) is 0 Å². The van der Waals surface area contributed by atoms with E-state index in [2.05, 4.69) is 5.32 Å². The second-order valence-corrected chi connectivity index (χ2v) is 12.9. The quantitative estimate of drug-likeness (QED) is 0.343. The van der Waals surface area contributed by atoms with Gasteiger partial charge in [-0.1, -0.05) is 59.8 Å². The van der Waals surface area contributed by atoms with Gasteiger partial charge in [0.2, 0.25) is 21.8 Å². The summed E-state index contributed by atoms with van der Waals surface area (Å²) in [5.74, 6) is -0.496. The van der Waals surface area contributed by atoms with Gasteiger partial charge in [-0.3, -0.25) is 13.9 Å². The third kappa shape index (κ3) is 8.01. The van der Waals surface area contributed by atoms with Crippen LogP contribution in [0.15, 0.2) is 36.4 Å². The minimum Gasteiger partial charge on any atom is -0.352 e. The zero-order valence-corrected chi connectivity index (χ0v) is 24.9. The largest absolute Gasteiger partial charge is 0.352 e. The number of halogens is 3. The van der Waals surface area contributed by atoms with Gasteiger partial charge in [0.15, 0.2) is 0 Å². The molecule has 38 heavy (non-hydrogen) atoms. The van der Waals surface area contributed by atoms with E-state index in [-0.39, 0.29) is 43.8 Å². The molecule has 0 spiro atoms. The number of sulfonamides is 1. The van der Waals surface area contributed by atoms with Gasteiger partial charge >= 0.3 is 0 Å². The zero-order chi connectivity index (χ0) is 28.0. The lowest BCUT2D eigenvalue weighted by molar-refractivity contribution is -0.140. The fourth-order valence-electron chi connectivity index (χ4n) is 4.66. The Morgan fingerprint density at radius 1 is 1.08 bits per heavy atom. The number of carbonyl (C=O) groups excluding carboxylic acids is 2. The Morgan fingerprint density at radius 3 is 2.39 bits per heavy atom. The maximum absolute atomic E-state index is 13.5. The predicted octanol–water partition coefficient (Wildman–Crippen LogP) is 5.98. The Kier molecular flexibility index (Phi) is 10.7. The van der Waals surface area contributed by atoms with Crippen molar-refractivity contribution in [3.8, 4) is 0 Å². The molecule has 0 heterocycles. The first-order valence-electron chi connectivity index (χ1n) is 12.6. The fraction of sp³-hybridized carbons (Fsp3) is 0.481. The number of nitrogens with zero attached hydrogens (tertiary/aromatic N) is 2. The lowest BCUT2D eigenvalue weighted by Gasteiger charge is -2.30. The number of rotatable bonds is 11.